The van der Waals surface area contributed by atoms with E-state index in [-0.39, 0.29) is 32.3 Å². The number of carbonyl (C=O) groups excluding carboxylic acids is 1. The van der Waals surface area contributed by atoms with Crippen LogP contribution in [0.3, 0.4) is 0 Å². The Morgan fingerprint density at radius 3 is 2.18 bits per heavy atom. The third kappa shape index (κ3) is 5.68. The number of carbonyl (C=O) groups is 3. The number of carboxylic acids is 2. The minimum Gasteiger partial charge on any atom is -0.480 e. The molecule has 4 N–H and O–H groups in total. The van der Waals surface area contributed by atoms with E-state index in [1.165, 1.54) is 24.3 Å². The number of benzene rings is 2. The van der Waals surface area contributed by atoms with Crippen molar-refractivity contribution in [1.29, 1.82) is 0 Å². The predicted octanol–water partition coefficient (Wildman–Crippen LogP) is 5.74. The summed E-state index contributed by atoms with van der Waals surface area (Å²) in [5.41, 5.74) is -2.01. The summed E-state index contributed by atoms with van der Waals surface area (Å²) in [7, 11) is 0. The summed E-state index contributed by atoms with van der Waals surface area (Å²) in [5, 5.41) is 22.7. The van der Waals surface area contributed by atoms with E-state index in [2.05, 4.69) is 10.6 Å². The standard InChI is InChI=1S/C23H22Cl2F2N2O3.C2HF3O2/c1-22(2,3)9-15-23(17-13(26)7-10(24)8-14(17)28-21(23)32)16(19(29-15)20(30)31)11-5-4-6-12(25)18(11)27;3-2(4,5)1(6)7/h4-8,15-16,19,29H,9H2,1-3H3,(H,28,32)(H,30,31);(H,6,7)/t15-,16-,19+,23+;/m0./s1. The van der Waals surface area contributed by atoms with Gasteiger partial charge in [-0.2, -0.15) is 13.2 Å². The normalized spacial score (nSPS) is 24.2. The van der Waals surface area contributed by atoms with E-state index < -0.39 is 59.1 Å². The fraction of sp³-hybridized carbons (Fsp3) is 0.400. The molecule has 14 heteroatoms. The summed E-state index contributed by atoms with van der Waals surface area (Å²) in [6, 6.07) is 4.54. The zero-order valence-corrected chi connectivity index (χ0v) is 22.1. The molecular formula is C25H23Cl2F5N2O5. The number of aliphatic carboxylic acids is 2. The summed E-state index contributed by atoms with van der Waals surface area (Å²) < 4.78 is 62.4. The molecule has 2 aliphatic rings. The number of hydrogen-bond donors (Lipinski definition) is 4. The lowest BCUT2D eigenvalue weighted by Gasteiger charge is -2.37. The number of fused-ring (bicyclic) bond motifs is 2. The van der Waals surface area contributed by atoms with Gasteiger partial charge in [0.2, 0.25) is 5.91 Å². The van der Waals surface area contributed by atoms with Crippen molar-refractivity contribution in [2.24, 2.45) is 5.41 Å². The van der Waals surface area contributed by atoms with Gasteiger partial charge in [-0.15, -0.1) is 0 Å². The maximum Gasteiger partial charge on any atom is 0.490 e. The van der Waals surface area contributed by atoms with Gasteiger partial charge in [0.05, 0.1) is 5.02 Å². The molecule has 2 aliphatic heterocycles. The molecule has 1 amide bonds. The minimum atomic E-state index is -5.08. The molecule has 212 valence electrons. The molecule has 0 aromatic heterocycles. The smallest absolute Gasteiger partial charge is 0.480 e. The molecular weight excluding hydrogens is 574 g/mol. The molecule has 1 saturated heterocycles. The summed E-state index contributed by atoms with van der Waals surface area (Å²) in [5.74, 6) is -7.50. The second kappa shape index (κ2) is 10.5. The zero-order valence-electron chi connectivity index (χ0n) is 20.6. The molecule has 39 heavy (non-hydrogen) atoms. The van der Waals surface area contributed by atoms with Crippen LogP contribution in [0.5, 0.6) is 0 Å². The average Bonchev–Trinajstić information content (AvgIpc) is 3.24. The molecule has 1 spiro atoms. The van der Waals surface area contributed by atoms with Crippen LogP contribution in [-0.2, 0) is 19.8 Å². The van der Waals surface area contributed by atoms with Crippen molar-refractivity contribution >= 4 is 46.7 Å². The van der Waals surface area contributed by atoms with Crippen LogP contribution in [0.1, 0.15) is 44.2 Å². The highest BCUT2D eigenvalue weighted by Gasteiger charge is 2.67. The van der Waals surface area contributed by atoms with Gasteiger partial charge in [-0.1, -0.05) is 56.1 Å². The molecule has 1 fully saturated rings. The van der Waals surface area contributed by atoms with Crippen molar-refractivity contribution in [2.75, 3.05) is 5.32 Å². The first-order valence-corrected chi connectivity index (χ1v) is 12.1. The highest BCUT2D eigenvalue weighted by molar-refractivity contribution is 6.31. The Hall–Kier alpha value is -2.96. The third-order valence-electron chi connectivity index (χ3n) is 6.49. The summed E-state index contributed by atoms with van der Waals surface area (Å²) in [4.78, 5) is 34.9. The first-order chi connectivity index (χ1) is 17.8. The van der Waals surface area contributed by atoms with E-state index in [0.29, 0.717) is 6.42 Å². The van der Waals surface area contributed by atoms with Crippen LogP contribution in [0.4, 0.5) is 27.6 Å². The molecule has 0 aliphatic carbocycles. The van der Waals surface area contributed by atoms with Gasteiger partial charge < -0.3 is 15.5 Å². The Kier molecular flexibility index (Phi) is 8.27. The number of alkyl halides is 3. The topological polar surface area (TPSA) is 116 Å². The number of halogens is 7. The van der Waals surface area contributed by atoms with Crippen LogP contribution in [0.15, 0.2) is 30.3 Å². The van der Waals surface area contributed by atoms with Gasteiger partial charge >= 0.3 is 18.1 Å². The van der Waals surface area contributed by atoms with E-state index >= 15 is 8.78 Å². The maximum absolute atomic E-state index is 15.5. The SMILES string of the molecule is CC(C)(C)C[C@@H]1N[C@@H](C(=O)O)[C@H](c2cccc(Cl)c2F)[C@]12C(=O)Nc1cc(Cl)cc(F)c12.O=C(O)C(F)(F)F. The van der Waals surface area contributed by atoms with Crippen molar-refractivity contribution in [2.45, 2.75) is 56.8 Å². The van der Waals surface area contributed by atoms with Gasteiger partial charge in [0.15, 0.2) is 0 Å². The van der Waals surface area contributed by atoms with Crippen molar-refractivity contribution < 1.29 is 46.5 Å². The molecule has 0 unspecified atom stereocenters. The largest absolute Gasteiger partial charge is 0.490 e. The van der Waals surface area contributed by atoms with Crippen LogP contribution in [-0.4, -0.2) is 46.3 Å². The van der Waals surface area contributed by atoms with Crippen LogP contribution < -0.4 is 10.6 Å². The van der Waals surface area contributed by atoms with E-state index in [1.807, 2.05) is 20.8 Å². The molecule has 4 rings (SSSR count). The summed E-state index contributed by atoms with van der Waals surface area (Å²) in [6.07, 6.45) is -4.76. The minimum absolute atomic E-state index is 0.0122. The lowest BCUT2D eigenvalue weighted by molar-refractivity contribution is -0.192. The Balaban J connectivity index is 0.000000532. The maximum atomic E-state index is 15.5. The zero-order chi connectivity index (χ0) is 29.7. The Morgan fingerprint density at radius 2 is 1.67 bits per heavy atom. The molecule has 2 aromatic carbocycles. The van der Waals surface area contributed by atoms with Gasteiger partial charge in [-0.3, -0.25) is 14.9 Å². The van der Waals surface area contributed by atoms with Crippen LogP contribution in [0, 0.1) is 17.0 Å². The van der Waals surface area contributed by atoms with Gasteiger partial charge in [-0.25, -0.2) is 13.6 Å². The molecule has 2 aromatic rings. The predicted molar refractivity (Wildman–Crippen MR) is 132 cm³/mol. The van der Waals surface area contributed by atoms with E-state index in [9.17, 15) is 27.9 Å². The van der Waals surface area contributed by atoms with E-state index in [1.54, 1.807) is 0 Å². The number of amides is 1. The van der Waals surface area contributed by atoms with Crippen LogP contribution >= 0.6 is 23.2 Å². The monoisotopic (exact) mass is 596 g/mol. The van der Waals surface area contributed by atoms with Crippen LogP contribution in [0.25, 0.3) is 0 Å². The molecule has 0 saturated carbocycles. The fourth-order valence-corrected chi connectivity index (χ4v) is 5.60. The van der Waals surface area contributed by atoms with Crippen molar-refractivity contribution in [3.8, 4) is 0 Å². The first kappa shape index (κ1) is 30.6. The highest BCUT2D eigenvalue weighted by atomic mass is 35.5. The van der Waals surface area contributed by atoms with E-state index in [4.69, 9.17) is 33.1 Å². The van der Waals surface area contributed by atoms with Gasteiger partial charge in [0.25, 0.3) is 0 Å². The number of carboxylic acid groups (broad SMARTS) is 2. The van der Waals surface area contributed by atoms with Gasteiger partial charge in [0.1, 0.15) is 23.1 Å². The second-order valence-electron chi connectivity index (χ2n) is 10.4. The van der Waals surface area contributed by atoms with Gasteiger partial charge in [-0.05, 0) is 35.6 Å². The number of rotatable bonds is 3. The van der Waals surface area contributed by atoms with Gasteiger partial charge in [0, 0.05) is 28.2 Å². The third-order valence-corrected chi connectivity index (χ3v) is 7.00. The lowest BCUT2D eigenvalue weighted by atomic mass is 9.62. The summed E-state index contributed by atoms with van der Waals surface area (Å²) >= 11 is 12.0. The highest BCUT2D eigenvalue weighted by Crippen LogP contribution is 2.57. The molecule has 7 nitrogen and oxygen atoms in total. The van der Waals surface area contributed by atoms with Crippen molar-refractivity contribution in [1.82, 2.24) is 5.32 Å². The summed E-state index contributed by atoms with van der Waals surface area (Å²) in [6.45, 7) is 5.78. The van der Waals surface area contributed by atoms with Crippen LogP contribution in [0.2, 0.25) is 10.0 Å². The Bertz CT molecular complexity index is 1330. The van der Waals surface area contributed by atoms with E-state index in [0.717, 1.165) is 6.07 Å². The Labute approximate surface area is 229 Å². The van der Waals surface area contributed by atoms with Crippen molar-refractivity contribution in [3.05, 3.63) is 63.1 Å². The number of anilines is 1. The fourth-order valence-electron chi connectivity index (χ4n) is 5.22. The Morgan fingerprint density at radius 1 is 1.08 bits per heavy atom. The molecule has 0 bridgehead atoms. The molecule has 4 atom stereocenters. The number of nitrogens with one attached hydrogen (secondary N) is 2. The van der Waals surface area contributed by atoms with Crippen molar-refractivity contribution in [3.63, 3.8) is 0 Å². The quantitative estimate of drug-likeness (QED) is 0.336. The first-order valence-electron chi connectivity index (χ1n) is 11.4. The molecule has 0 radical (unpaired) electrons. The molecule has 2 heterocycles. The lowest BCUT2D eigenvalue weighted by Crippen LogP contribution is -2.50. The second-order valence-corrected chi connectivity index (χ2v) is 11.2. The number of hydrogen-bond acceptors (Lipinski definition) is 4. The average molecular weight is 597 g/mol.